The third kappa shape index (κ3) is 6.45. The minimum Gasteiger partial charge on any atom is -0.495 e. The highest BCUT2D eigenvalue weighted by atomic mass is 35.5. The molecule has 0 saturated heterocycles. The molecule has 3 N–H and O–H groups in total. The number of nitriles is 1. The number of aryl methyl sites for hydroxylation is 1. The van der Waals surface area contributed by atoms with Crippen molar-refractivity contribution in [2.45, 2.75) is 19.8 Å². The number of allylic oxidation sites excluding steroid dienone is 2. The monoisotopic (exact) mass is 592 g/mol. The lowest BCUT2D eigenvalue weighted by Crippen LogP contribution is -2.31. The molecule has 0 aromatic heterocycles. The van der Waals surface area contributed by atoms with Gasteiger partial charge in [-0.2, -0.15) is 5.26 Å². The van der Waals surface area contributed by atoms with Gasteiger partial charge >= 0.3 is 0 Å². The summed E-state index contributed by atoms with van der Waals surface area (Å²) in [5.74, 6) is -0.932. The molecular weight excluding hydrogens is 567 g/mol. The number of rotatable bonds is 8. The van der Waals surface area contributed by atoms with Crippen LogP contribution in [0.15, 0.2) is 88.6 Å². The van der Waals surface area contributed by atoms with Gasteiger partial charge in [-0.3, -0.25) is 9.59 Å². The van der Waals surface area contributed by atoms with Gasteiger partial charge in [0.05, 0.1) is 41.1 Å². The Labute approximate surface area is 247 Å². The van der Waals surface area contributed by atoms with Crippen LogP contribution in [0, 0.1) is 18.3 Å². The Morgan fingerprint density at radius 2 is 1.75 bits per heavy atom. The number of methoxy groups -OCH3 is 1. The number of benzene rings is 3. The molecule has 0 spiro atoms. The molecule has 1 heterocycles. The largest absolute Gasteiger partial charge is 0.495 e. The Morgan fingerprint density at radius 1 is 1.02 bits per heavy atom. The van der Waals surface area contributed by atoms with Crippen LogP contribution in [0.1, 0.15) is 24.0 Å². The van der Waals surface area contributed by atoms with Gasteiger partial charge in [0.1, 0.15) is 5.75 Å². The molecule has 3 aromatic carbocycles. The molecule has 0 aliphatic carbocycles. The summed E-state index contributed by atoms with van der Waals surface area (Å²) in [6.45, 7) is 3.63. The van der Waals surface area contributed by atoms with Crippen molar-refractivity contribution >= 4 is 58.2 Å². The lowest BCUT2D eigenvalue weighted by molar-refractivity contribution is -0.114. The topological polar surface area (TPSA) is 103 Å². The number of ether oxygens (including phenoxy) is 1. The number of halogens is 2. The number of thioether (sulfide) groups is 1. The van der Waals surface area contributed by atoms with Crippen molar-refractivity contribution in [3.8, 4) is 11.8 Å². The molecule has 1 aliphatic rings. The van der Waals surface area contributed by atoms with Crippen molar-refractivity contribution in [1.82, 2.24) is 5.32 Å². The maximum atomic E-state index is 13.7. The van der Waals surface area contributed by atoms with E-state index < -0.39 is 11.8 Å². The SMILES string of the molecule is COc1ccccc1NC(=O)C1=C(C)NC(SCC(=O)Nc2ccc(C)c(Cl)c2)=C(C#N)[C@H]1c1ccccc1Cl. The average Bonchev–Trinajstić information content (AvgIpc) is 2.94. The van der Waals surface area contributed by atoms with Crippen LogP contribution in [0.2, 0.25) is 10.0 Å². The van der Waals surface area contributed by atoms with Gasteiger partial charge < -0.3 is 20.7 Å². The minimum absolute atomic E-state index is 0.0181. The predicted molar refractivity (Wildman–Crippen MR) is 162 cm³/mol. The summed E-state index contributed by atoms with van der Waals surface area (Å²) >= 11 is 13.9. The van der Waals surface area contributed by atoms with Crippen molar-refractivity contribution in [3.63, 3.8) is 0 Å². The Kier molecular flexibility index (Phi) is 9.43. The summed E-state index contributed by atoms with van der Waals surface area (Å²) < 4.78 is 5.38. The van der Waals surface area contributed by atoms with E-state index in [9.17, 15) is 14.9 Å². The van der Waals surface area contributed by atoms with Crippen LogP contribution in [0.3, 0.4) is 0 Å². The number of para-hydroxylation sites is 2. The first kappa shape index (κ1) is 29.1. The molecule has 0 fully saturated rings. The highest BCUT2D eigenvalue weighted by Crippen LogP contribution is 2.43. The molecule has 0 bridgehead atoms. The molecule has 3 aromatic rings. The zero-order valence-electron chi connectivity index (χ0n) is 22.0. The van der Waals surface area contributed by atoms with Gasteiger partial charge in [0.2, 0.25) is 5.91 Å². The molecule has 204 valence electrons. The fraction of sp³-hybridized carbons (Fsp3) is 0.167. The third-order valence-electron chi connectivity index (χ3n) is 6.27. The van der Waals surface area contributed by atoms with E-state index in [-0.39, 0.29) is 17.2 Å². The first-order valence-corrected chi connectivity index (χ1v) is 14.0. The van der Waals surface area contributed by atoms with Crippen molar-refractivity contribution < 1.29 is 14.3 Å². The summed E-state index contributed by atoms with van der Waals surface area (Å²) in [7, 11) is 1.52. The van der Waals surface area contributed by atoms with E-state index in [1.807, 2.05) is 13.0 Å². The predicted octanol–water partition coefficient (Wildman–Crippen LogP) is 7.02. The zero-order valence-corrected chi connectivity index (χ0v) is 24.3. The molecule has 40 heavy (non-hydrogen) atoms. The fourth-order valence-electron chi connectivity index (χ4n) is 4.29. The van der Waals surface area contributed by atoms with Gasteiger partial charge in [0, 0.05) is 27.0 Å². The summed E-state index contributed by atoms with van der Waals surface area (Å²) in [4.78, 5) is 26.5. The van der Waals surface area contributed by atoms with Crippen LogP contribution in [-0.4, -0.2) is 24.7 Å². The van der Waals surface area contributed by atoms with Crippen molar-refractivity contribution in [1.29, 1.82) is 5.26 Å². The number of amides is 2. The van der Waals surface area contributed by atoms with E-state index in [4.69, 9.17) is 27.9 Å². The Morgan fingerprint density at radius 3 is 2.45 bits per heavy atom. The molecular formula is C30H26Cl2N4O3S. The number of anilines is 2. The Bertz CT molecular complexity index is 1580. The smallest absolute Gasteiger partial charge is 0.254 e. The van der Waals surface area contributed by atoms with E-state index in [1.54, 1.807) is 67.6 Å². The van der Waals surface area contributed by atoms with Crippen LogP contribution in [0.5, 0.6) is 5.75 Å². The van der Waals surface area contributed by atoms with E-state index >= 15 is 0 Å². The fourth-order valence-corrected chi connectivity index (χ4v) is 5.61. The van der Waals surface area contributed by atoms with Crippen LogP contribution in [-0.2, 0) is 9.59 Å². The molecule has 7 nitrogen and oxygen atoms in total. The number of dihydropyridines is 1. The van der Waals surface area contributed by atoms with Gasteiger partial charge in [-0.1, -0.05) is 71.4 Å². The van der Waals surface area contributed by atoms with Crippen LogP contribution in [0.4, 0.5) is 11.4 Å². The molecule has 0 saturated carbocycles. The number of nitrogens with one attached hydrogen (secondary N) is 3. The highest BCUT2D eigenvalue weighted by molar-refractivity contribution is 8.03. The van der Waals surface area contributed by atoms with E-state index in [1.165, 1.54) is 18.9 Å². The minimum atomic E-state index is -0.767. The molecule has 0 radical (unpaired) electrons. The van der Waals surface area contributed by atoms with E-state index in [2.05, 4.69) is 22.0 Å². The van der Waals surface area contributed by atoms with E-state index in [0.29, 0.717) is 49.0 Å². The second-order valence-corrected chi connectivity index (χ2v) is 10.7. The van der Waals surface area contributed by atoms with Gasteiger partial charge in [0.15, 0.2) is 0 Å². The van der Waals surface area contributed by atoms with Crippen molar-refractivity contribution in [2.24, 2.45) is 0 Å². The summed E-state index contributed by atoms with van der Waals surface area (Å²) in [5.41, 5.74) is 3.71. The zero-order chi connectivity index (χ0) is 28.8. The standard InChI is InChI=1S/C30H26Cl2N4O3S/c1-17-12-13-19(14-23(17)32)35-26(37)16-40-30-21(15-33)28(20-8-4-5-9-22(20)31)27(18(2)34-30)29(38)36-24-10-6-7-11-25(24)39-3/h4-14,28,34H,16H2,1-3H3,(H,35,37)(H,36,38)/t28-/m1/s1. The van der Waals surface area contributed by atoms with Gasteiger partial charge in [0.25, 0.3) is 5.91 Å². The molecule has 1 atom stereocenters. The average molecular weight is 594 g/mol. The van der Waals surface area contributed by atoms with Crippen LogP contribution >= 0.6 is 35.0 Å². The number of carbonyl (C=O) groups excluding carboxylic acids is 2. The number of hydrogen-bond donors (Lipinski definition) is 3. The summed E-state index contributed by atoms with van der Waals surface area (Å²) in [5, 5.41) is 20.7. The van der Waals surface area contributed by atoms with Crippen molar-refractivity contribution in [3.05, 3.63) is 110 Å². The Hall–Kier alpha value is -3.90. The second-order valence-electron chi connectivity index (χ2n) is 8.93. The lowest BCUT2D eigenvalue weighted by Gasteiger charge is -2.30. The molecule has 2 amide bonds. The molecule has 0 unspecified atom stereocenters. The number of nitrogens with zero attached hydrogens (tertiary/aromatic N) is 1. The molecule has 10 heteroatoms. The van der Waals surface area contributed by atoms with Crippen LogP contribution < -0.4 is 20.7 Å². The normalized spacial score (nSPS) is 14.8. The third-order valence-corrected chi connectivity index (χ3v) is 8.04. The first-order chi connectivity index (χ1) is 19.2. The Balaban J connectivity index is 1.65. The quantitative estimate of drug-likeness (QED) is 0.260. The molecule has 1 aliphatic heterocycles. The highest BCUT2D eigenvalue weighted by Gasteiger charge is 2.36. The summed E-state index contributed by atoms with van der Waals surface area (Å²) in [6, 6.07) is 21.7. The van der Waals surface area contributed by atoms with Crippen LogP contribution in [0.25, 0.3) is 0 Å². The maximum Gasteiger partial charge on any atom is 0.254 e. The lowest BCUT2D eigenvalue weighted by atomic mass is 9.82. The summed E-state index contributed by atoms with van der Waals surface area (Å²) in [6.07, 6.45) is 0. The van der Waals surface area contributed by atoms with Gasteiger partial charge in [-0.25, -0.2) is 0 Å². The van der Waals surface area contributed by atoms with Gasteiger partial charge in [-0.05, 0) is 55.3 Å². The second kappa shape index (κ2) is 13.0. The molecule has 4 rings (SSSR count). The maximum absolute atomic E-state index is 13.7. The van der Waals surface area contributed by atoms with Gasteiger partial charge in [-0.15, -0.1) is 0 Å². The first-order valence-electron chi connectivity index (χ1n) is 12.2. The number of hydrogen-bond acceptors (Lipinski definition) is 6. The van der Waals surface area contributed by atoms with E-state index in [0.717, 1.165) is 5.56 Å². The van der Waals surface area contributed by atoms with Crippen molar-refractivity contribution in [2.75, 3.05) is 23.5 Å². The number of carbonyl (C=O) groups is 2.